The van der Waals surface area contributed by atoms with Crippen molar-refractivity contribution in [1.82, 2.24) is 0 Å². The minimum Gasteiger partial charge on any atom is -0.302 e. The highest BCUT2D eigenvalue weighted by atomic mass is 32.1. The number of hydrogen-bond donors (Lipinski definition) is 0. The molecule has 0 aliphatic heterocycles. The van der Waals surface area contributed by atoms with E-state index in [9.17, 15) is 10.1 Å². The largest absolute Gasteiger partial charge is 0.302 e. The number of rotatable bonds is 2. The van der Waals surface area contributed by atoms with E-state index in [0.717, 1.165) is 41.0 Å². The summed E-state index contributed by atoms with van der Waals surface area (Å²) in [7, 11) is 0. The predicted molar refractivity (Wildman–Crippen MR) is 69.2 cm³/mol. The van der Waals surface area contributed by atoms with E-state index in [2.05, 4.69) is 11.1 Å². The minimum absolute atomic E-state index is 0.503. The van der Waals surface area contributed by atoms with Crippen LogP contribution in [-0.4, -0.2) is 12.5 Å². The first-order chi connectivity index (χ1) is 8.16. The van der Waals surface area contributed by atoms with Crippen molar-refractivity contribution in [2.45, 2.75) is 38.5 Å². The van der Waals surface area contributed by atoms with Crippen LogP contribution in [0.1, 0.15) is 42.7 Å². The lowest BCUT2D eigenvalue weighted by Gasteiger charge is -2.28. The molecule has 0 bridgehead atoms. The summed E-state index contributed by atoms with van der Waals surface area (Å²) in [4.78, 5) is 16.7. The van der Waals surface area contributed by atoms with Gasteiger partial charge in [0.05, 0.1) is 11.0 Å². The number of hydrogen-bond acceptors (Lipinski definition) is 4. The number of nitrogens with zero attached hydrogens (tertiary/aromatic N) is 2. The van der Waals surface area contributed by atoms with E-state index >= 15 is 0 Å². The van der Waals surface area contributed by atoms with Crippen molar-refractivity contribution in [3.05, 3.63) is 16.0 Å². The number of carbonyl (C=O) groups excluding carboxylic acids is 1. The van der Waals surface area contributed by atoms with Crippen LogP contribution in [0.3, 0.4) is 0 Å². The van der Waals surface area contributed by atoms with Gasteiger partial charge in [0.15, 0.2) is 0 Å². The van der Waals surface area contributed by atoms with Gasteiger partial charge < -0.3 is 4.79 Å². The van der Waals surface area contributed by atoms with Crippen molar-refractivity contribution in [2.75, 3.05) is 0 Å². The first kappa shape index (κ1) is 12.0. The zero-order chi connectivity index (χ0) is 12.5. The summed E-state index contributed by atoms with van der Waals surface area (Å²) in [6.45, 7) is 3.75. The maximum absolute atomic E-state index is 11.3. The Bertz CT molecular complexity index is 524. The summed E-state index contributed by atoms with van der Waals surface area (Å²) >= 11 is 1.55. The van der Waals surface area contributed by atoms with Gasteiger partial charge in [0.25, 0.3) is 0 Å². The first-order valence-corrected chi connectivity index (χ1v) is 6.49. The van der Waals surface area contributed by atoms with E-state index in [1.54, 1.807) is 17.6 Å². The summed E-state index contributed by atoms with van der Waals surface area (Å²) < 4.78 is 0. The van der Waals surface area contributed by atoms with Crippen LogP contribution in [0.5, 0.6) is 0 Å². The van der Waals surface area contributed by atoms with Gasteiger partial charge in [0.2, 0.25) is 0 Å². The van der Waals surface area contributed by atoms with Crippen LogP contribution >= 0.6 is 11.3 Å². The summed E-state index contributed by atoms with van der Waals surface area (Å²) in [5, 5.41) is 10.0. The molecule has 1 aliphatic carbocycles. The highest BCUT2D eigenvalue weighted by Crippen LogP contribution is 2.46. The highest BCUT2D eigenvalue weighted by molar-refractivity contribution is 7.16. The molecule has 1 atom stereocenters. The molecule has 0 fully saturated rings. The highest BCUT2D eigenvalue weighted by Gasteiger charge is 2.37. The van der Waals surface area contributed by atoms with Gasteiger partial charge in [-0.25, -0.2) is 4.99 Å². The molecule has 17 heavy (non-hydrogen) atoms. The quantitative estimate of drug-likeness (QED) is 0.594. The summed E-state index contributed by atoms with van der Waals surface area (Å²) in [5.41, 5.74) is 1.01. The molecule has 0 aromatic carbocycles. The molecule has 2 rings (SSSR count). The summed E-state index contributed by atoms with van der Waals surface area (Å²) in [6.07, 6.45) is 5.46. The zero-order valence-electron chi connectivity index (χ0n) is 9.99. The fourth-order valence-electron chi connectivity index (χ4n) is 2.42. The Morgan fingerprint density at radius 2 is 2.35 bits per heavy atom. The third-order valence-electron chi connectivity index (χ3n) is 3.25. The number of aldehydes is 1. The summed E-state index contributed by atoms with van der Waals surface area (Å²) in [5.74, 6) is 0. The Balaban J connectivity index is 2.69. The van der Waals surface area contributed by atoms with Gasteiger partial charge in [-0.3, -0.25) is 0 Å². The van der Waals surface area contributed by atoms with Crippen molar-refractivity contribution in [3.63, 3.8) is 0 Å². The van der Waals surface area contributed by atoms with Gasteiger partial charge in [0, 0.05) is 11.1 Å². The Morgan fingerprint density at radius 3 is 2.94 bits per heavy atom. The first-order valence-electron chi connectivity index (χ1n) is 5.67. The molecule has 4 heteroatoms. The Hall–Kier alpha value is -1.47. The van der Waals surface area contributed by atoms with E-state index < -0.39 is 5.41 Å². The molecule has 1 aromatic rings. The number of carbonyl (C=O) groups is 1. The maximum atomic E-state index is 11.3. The number of aliphatic imine (C=N–C) groups is 1. The third kappa shape index (κ3) is 1.81. The molecule has 1 aromatic heterocycles. The molecule has 0 radical (unpaired) electrons. The second kappa shape index (κ2) is 4.42. The smallest absolute Gasteiger partial charge is 0.133 e. The van der Waals surface area contributed by atoms with Crippen LogP contribution in [-0.2, 0) is 16.6 Å². The summed E-state index contributed by atoms with van der Waals surface area (Å²) in [6, 6.07) is 2.22. The second-order valence-corrected chi connectivity index (χ2v) is 5.55. The fraction of sp³-hybridized carbons (Fsp3) is 0.462. The molecule has 0 spiro atoms. The van der Waals surface area contributed by atoms with Gasteiger partial charge >= 0.3 is 0 Å². The van der Waals surface area contributed by atoms with Crippen LogP contribution in [0.2, 0.25) is 0 Å². The fourth-order valence-corrected chi connectivity index (χ4v) is 3.74. The topological polar surface area (TPSA) is 53.2 Å². The zero-order valence-corrected chi connectivity index (χ0v) is 10.8. The van der Waals surface area contributed by atoms with Crippen molar-refractivity contribution in [1.29, 1.82) is 5.26 Å². The monoisotopic (exact) mass is 246 g/mol. The lowest BCUT2D eigenvalue weighted by atomic mass is 9.74. The SMILES string of the molecule is CC=Nc1sc2c(c1C#N)[C@@](C)(C=O)CCC2. The molecule has 88 valence electrons. The van der Waals surface area contributed by atoms with Crippen LogP contribution in [0.4, 0.5) is 5.00 Å². The van der Waals surface area contributed by atoms with E-state index in [4.69, 9.17) is 0 Å². The van der Waals surface area contributed by atoms with Crippen molar-refractivity contribution < 1.29 is 4.79 Å². The van der Waals surface area contributed by atoms with E-state index in [0.29, 0.717) is 5.56 Å². The van der Waals surface area contributed by atoms with Gasteiger partial charge in [-0.05, 0) is 38.7 Å². The van der Waals surface area contributed by atoms with E-state index in [1.165, 1.54) is 0 Å². The average molecular weight is 246 g/mol. The Labute approximate surface area is 105 Å². The van der Waals surface area contributed by atoms with Gasteiger partial charge in [-0.2, -0.15) is 5.26 Å². The second-order valence-electron chi connectivity index (χ2n) is 4.47. The third-order valence-corrected chi connectivity index (χ3v) is 4.41. The predicted octanol–water partition coefficient (Wildman–Crippen LogP) is 3.13. The molecule has 0 saturated carbocycles. The van der Waals surface area contributed by atoms with Crippen LogP contribution < -0.4 is 0 Å². The van der Waals surface area contributed by atoms with Gasteiger partial charge in [-0.1, -0.05) is 0 Å². The van der Waals surface area contributed by atoms with Crippen LogP contribution in [0, 0.1) is 11.3 Å². The molecule has 1 aliphatic rings. The van der Waals surface area contributed by atoms with E-state index in [-0.39, 0.29) is 0 Å². The molecular weight excluding hydrogens is 232 g/mol. The normalized spacial score (nSPS) is 23.4. The number of aryl methyl sites for hydroxylation is 1. The van der Waals surface area contributed by atoms with Crippen molar-refractivity contribution in [3.8, 4) is 6.07 Å². The molecular formula is C13H14N2OS. The number of nitriles is 1. The van der Waals surface area contributed by atoms with E-state index in [1.807, 2.05) is 13.8 Å². The van der Waals surface area contributed by atoms with Crippen LogP contribution in [0.25, 0.3) is 0 Å². The van der Waals surface area contributed by atoms with Crippen molar-refractivity contribution >= 4 is 28.8 Å². The molecule has 0 N–H and O–H groups in total. The molecule has 0 unspecified atom stereocenters. The van der Waals surface area contributed by atoms with Crippen molar-refractivity contribution in [2.24, 2.45) is 4.99 Å². The molecule has 0 saturated heterocycles. The van der Waals surface area contributed by atoms with Crippen LogP contribution in [0.15, 0.2) is 4.99 Å². The molecule has 3 nitrogen and oxygen atoms in total. The Kier molecular flexibility index (Phi) is 3.12. The lowest BCUT2D eigenvalue weighted by Crippen LogP contribution is -2.28. The lowest BCUT2D eigenvalue weighted by molar-refractivity contribution is -0.112. The molecule has 1 heterocycles. The molecule has 0 amide bonds. The van der Waals surface area contributed by atoms with Gasteiger partial charge in [-0.15, -0.1) is 11.3 Å². The Morgan fingerprint density at radius 1 is 1.59 bits per heavy atom. The van der Waals surface area contributed by atoms with Gasteiger partial charge in [0.1, 0.15) is 17.4 Å². The number of fused-ring (bicyclic) bond motifs is 1. The number of thiophene rings is 1. The average Bonchev–Trinajstić information content (AvgIpc) is 2.69. The maximum Gasteiger partial charge on any atom is 0.133 e. The standard InChI is InChI=1S/C13H14N2OS/c1-3-15-12-9(7-14)11-10(17-12)5-4-6-13(11,2)8-16/h3,8H,4-6H2,1-2H3/t13-/m1/s1. The minimum atomic E-state index is -0.503.